The topological polar surface area (TPSA) is 20.2 Å². The first-order valence-corrected chi connectivity index (χ1v) is 7.97. The van der Waals surface area contributed by atoms with Crippen molar-refractivity contribution in [3.8, 4) is 0 Å². The lowest BCUT2D eigenvalue weighted by Gasteiger charge is -1.93. The number of hydrogen-bond acceptors (Lipinski definition) is 1. The van der Waals surface area contributed by atoms with Gasteiger partial charge in [-0.2, -0.15) is 0 Å². The summed E-state index contributed by atoms with van der Waals surface area (Å²) in [4.78, 5) is 0. The third-order valence-corrected chi connectivity index (χ3v) is 3.05. The molecule has 0 atom stereocenters. The van der Waals surface area contributed by atoms with Gasteiger partial charge in [0.15, 0.2) is 0 Å². The lowest BCUT2D eigenvalue weighted by molar-refractivity contribution is 0.283. The van der Waals surface area contributed by atoms with Crippen molar-refractivity contribution in [1.29, 1.82) is 0 Å². The molecular weight excluding hydrogens is 232 g/mol. The van der Waals surface area contributed by atoms with Crippen molar-refractivity contribution in [2.75, 3.05) is 6.61 Å². The van der Waals surface area contributed by atoms with Crippen molar-refractivity contribution in [3.05, 3.63) is 36.5 Å². The van der Waals surface area contributed by atoms with Crippen LogP contribution in [0.4, 0.5) is 0 Å². The molecule has 0 aliphatic rings. The predicted molar refractivity (Wildman–Crippen MR) is 86.3 cm³/mol. The van der Waals surface area contributed by atoms with Gasteiger partial charge in [0.1, 0.15) is 0 Å². The van der Waals surface area contributed by atoms with Crippen molar-refractivity contribution >= 4 is 0 Å². The molecule has 19 heavy (non-hydrogen) atoms. The van der Waals surface area contributed by atoms with Gasteiger partial charge < -0.3 is 5.11 Å². The van der Waals surface area contributed by atoms with E-state index < -0.39 is 0 Å². The summed E-state index contributed by atoms with van der Waals surface area (Å²) < 4.78 is 0. The summed E-state index contributed by atoms with van der Waals surface area (Å²) in [5, 5.41) is 8.64. The van der Waals surface area contributed by atoms with Crippen LogP contribution < -0.4 is 0 Å². The molecule has 1 nitrogen and oxygen atoms in total. The fourth-order valence-electron chi connectivity index (χ4n) is 1.84. The minimum absolute atomic E-state index is 0.332. The SMILES string of the molecule is CCCCCC=CCC=CCC=CCCCCCO. The van der Waals surface area contributed by atoms with Crippen LogP contribution in [0.3, 0.4) is 0 Å². The molecule has 0 amide bonds. The first-order chi connectivity index (χ1) is 9.41. The van der Waals surface area contributed by atoms with Crippen LogP contribution in [0.25, 0.3) is 0 Å². The Bertz CT molecular complexity index is 238. The van der Waals surface area contributed by atoms with E-state index in [2.05, 4.69) is 43.4 Å². The molecule has 0 aromatic rings. The second-order valence-corrected chi connectivity index (χ2v) is 4.95. The van der Waals surface area contributed by atoms with Crippen LogP contribution >= 0.6 is 0 Å². The van der Waals surface area contributed by atoms with Gasteiger partial charge in [-0.25, -0.2) is 0 Å². The molecule has 110 valence electrons. The van der Waals surface area contributed by atoms with Crippen LogP contribution in [0, 0.1) is 0 Å². The number of unbranched alkanes of at least 4 members (excludes halogenated alkanes) is 6. The molecule has 0 fully saturated rings. The maximum Gasteiger partial charge on any atom is 0.0431 e. The third-order valence-electron chi connectivity index (χ3n) is 3.05. The summed E-state index contributed by atoms with van der Waals surface area (Å²) >= 11 is 0. The Kier molecular flexibility index (Phi) is 16.4. The maximum atomic E-state index is 8.64. The van der Waals surface area contributed by atoms with E-state index in [-0.39, 0.29) is 0 Å². The molecule has 0 saturated carbocycles. The second-order valence-electron chi connectivity index (χ2n) is 4.95. The van der Waals surface area contributed by atoms with E-state index in [9.17, 15) is 0 Å². The van der Waals surface area contributed by atoms with Gasteiger partial charge in [0.2, 0.25) is 0 Å². The van der Waals surface area contributed by atoms with Gasteiger partial charge in [0.05, 0.1) is 0 Å². The summed E-state index contributed by atoms with van der Waals surface area (Å²) in [7, 11) is 0. The summed E-state index contributed by atoms with van der Waals surface area (Å²) in [6, 6.07) is 0. The molecule has 0 heterocycles. The number of aliphatic hydroxyl groups excluding tert-OH is 1. The second kappa shape index (κ2) is 17.2. The molecule has 0 unspecified atom stereocenters. The van der Waals surface area contributed by atoms with Gasteiger partial charge in [-0.15, -0.1) is 0 Å². The number of allylic oxidation sites excluding steroid dienone is 6. The Morgan fingerprint density at radius 1 is 0.632 bits per heavy atom. The first kappa shape index (κ1) is 18.2. The summed E-state index contributed by atoms with van der Waals surface area (Å²) in [6.45, 7) is 2.57. The lowest BCUT2D eigenvalue weighted by Crippen LogP contribution is -1.81. The largest absolute Gasteiger partial charge is 0.396 e. The van der Waals surface area contributed by atoms with Crippen molar-refractivity contribution in [2.45, 2.75) is 71.1 Å². The van der Waals surface area contributed by atoms with Gasteiger partial charge in [0.25, 0.3) is 0 Å². The van der Waals surface area contributed by atoms with E-state index in [4.69, 9.17) is 5.11 Å². The van der Waals surface area contributed by atoms with E-state index in [0.29, 0.717) is 6.61 Å². The van der Waals surface area contributed by atoms with Gasteiger partial charge in [0, 0.05) is 6.61 Å². The minimum Gasteiger partial charge on any atom is -0.396 e. The molecule has 0 radical (unpaired) electrons. The van der Waals surface area contributed by atoms with E-state index in [1.54, 1.807) is 0 Å². The molecular formula is C18H32O. The van der Waals surface area contributed by atoms with Crippen LogP contribution in [-0.4, -0.2) is 11.7 Å². The normalized spacial score (nSPS) is 12.3. The predicted octanol–water partition coefficient (Wildman–Crippen LogP) is 5.57. The summed E-state index contributed by atoms with van der Waals surface area (Å²) in [5.74, 6) is 0. The van der Waals surface area contributed by atoms with Gasteiger partial charge in [-0.05, 0) is 44.9 Å². The van der Waals surface area contributed by atoms with Crippen LogP contribution in [0.15, 0.2) is 36.5 Å². The van der Waals surface area contributed by atoms with Crippen molar-refractivity contribution in [3.63, 3.8) is 0 Å². The molecule has 1 heteroatoms. The first-order valence-electron chi connectivity index (χ1n) is 7.97. The maximum absolute atomic E-state index is 8.64. The Morgan fingerprint density at radius 3 is 1.68 bits per heavy atom. The quantitative estimate of drug-likeness (QED) is 0.340. The highest BCUT2D eigenvalue weighted by Crippen LogP contribution is 2.02. The molecule has 0 aliphatic heterocycles. The average molecular weight is 264 g/mol. The smallest absolute Gasteiger partial charge is 0.0431 e. The molecule has 0 saturated heterocycles. The van der Waals surface area contributed by atoms with Crippen molar-refractivity contribution in [1.82, 2.24) is 0 Å². The van der Waals surface area contributed by atoms with Crippen molar-refractivity contribution in [2.24, 2.45) is 0 Å². The van der Waals surface area contributed by atoms with Crippen molar-refractivity contribution < 1.29 is 5.11 Å². The highest BCUT2D eigenvalue weighted by molar-refractivity contribution is 4.97. The summed E-state index contributed by atoms with van der Waals surface area (Å²) in [6.07, 6.45) is 25.3. The van der Waals surface area contributed by atoms with E-state index >= 15 is 0 Å². The fraction of sp³-hybridized carbons (Fsp3) is 0.667. The average Bonchev–Trinajstić information content (AvgIpc) is 2.43. The van der Waals surface area contributed by atoms with Gasteiger partial charge in [-0.1, -0.05) is 62.6 Å². The zero-order valence-electron chi connectivity index (χ0n) is 12.7. The third kappa shape index (κ3) is 17.2. The minimum atomic E-state index is 0.332. The Balaban J connectivity index is 3.26. The summed E-state index contributed by atoms with van der Waals surface area (Å²) in [5.41, 5.74) is 0. The van der Waals surface area contributed by atoms with Crippen LogP contribution in [0.1, 0.15) is 71.1 Å². The molecule has 0 aliphatic carbocycles. The van der Waals surface area contributed by atoms with Crippen LogP contribution in [-0.2, 0) is 0 Å². The Morgan fingerprint density at radius 2 is 1.16 bits per heavy atom. The van der Waals surface area contributed by atoms with E-state index in [1.165, 1.54) is 32.1 Å². The van der Waals surface area contributed by atoms with Gasteiger partial charge in [-0.3, -0.25) is 0 Å². The zero-order chi connectivity index (χ0) is 14.0. The molecule has 0 bridgehead atoms. The number of rotatable bonds is 13. The number of aliphatic hydroxyl groups is 1. The molecule has 0 aromatic heterocycles. The van der Waals surface area contributed by atoms with E-state index in [1.807, 2.05) is 0 Å². The monoisotopic (exact) mass is 264 g/mol. The fourth-order valence-corrected chi connectivity index (χ4v) is 1.84. The molecule has 0 rings (SSSR count). The number of hydrogen-bond donors (Lipinski definition) is 1. The zero-order valence-corrected chi connectivity index (χ0v) is 12.7. The van der Waals surface area contributed by atoms with Crippen LogP contribution in [0.5, 0.6) is 0 Å². The standard InChI is InChI=1S/C18H32O/c1-2-3-4-5-6-7-8-9-10-11-12-13-14-15-16-17-18-19/h6-7,9-10,12-13,19H,2-5,8,11,14-18H2,1H3. The van der Waals surface area contributed by atoms with E-state index in [0.717, 1.165) is 32.1 Å². The van der Waals surface area contributed by atoms with Crippen LogP contribution in [0.2, 0.25) is 0 Å². The highest BCUT2D eigenvalue weighted by atomic mass is 16.2. The Hall–Kier alpha value is -0.820. The molecule has 0 aromatic carbocycles. The van der Waals surface area contributed by atoms with Gasteiger partial charge >= 0.3 is 0 Å². The molecule has 1 N–H and O–H groups in total. The highest BCUT2D eigenvalue weighted by Gasteiger charge is 1.84. The Labute approximate surface area is 120 Å². The lowest BCUT2D eigenvalue weighted by atomic mass is 10.2. The molecule has 0 spiro atoms.